The summed E-state index contributed by atoms with van der Waals surface area (Å²) in [5.74, 6) is 0. The molecule has 3 rings (SSSR count). The second kappa shape index (κ2) is 5.66. The van der Waals surface area contributed by atoms with E-state index < -0.39 is 0 Å². The highest BCUT2D eigenvalue weighted by Crippen LogP contribution is 2.27. The maximum absolute atomic E-state index is 9.46. The first-order chi connectivity index (χ1) is 10.3. The van der Waals surface area contributed by atoms with Gasteiger partial charge in [0.1, 0.15) is 16.8 Å². The molecule has 0 N–H and O–H groups in total. The first-order valence-corrected chi connectivity index (χ1v) is 7.96. The summed E-state index contributed by atoms with van der Waals surface area (Å²) in [6.45, 7) is 4.25. The number of hydrogen-bond acceptors (Lipinski definition) is 4. The third-order valence-electron chi connectivity index (χ3n) is 3.45. The van der Waals surface area contributed by atoms with Crippen molar-refractivity contribution in [2.75, 3.05) is 0 Å². The summed E-state index contributed by atoms with van der Waals surface area (Å²) in [5, 5.41) is 15.0. The topological polar surface area (TPSA) is 54.0 Å². The maximum Gasteiger partial charge on any atom is 0.214 e. The Balaban J connectivity index is 2.09. The lowest BCUT2D eigenvalue weighted by Gasteiger charge is -2.00. The summed E-state index contributed by atoms with van der Waals surface area (Å²) < 4.78 is 1.68. The molecule has 0 radical (unpaired) electrons. The number of nitriles is 1. The summed E-state index contributed by atoms with van der Waals surface area (Å²) in [6.07, 6.45) is 2.98. The summed E-state index contributed by atoms with van der Waals surface area (Å²) in [5.41, 5.74) is 3.50. The van der Waals surface area contributed by atoms with Gasteiger partial charge in [-0.05, 0) is 18.4 Å². The second-order valence-electron chi connectivity index (χ2n) is 4.91. The van der Waals surface area contributed by atoms with Crippen LogP contribution in [0.25, 0.3) is 16.2 Å². The summed E-state index contributed by atoms with van der Waals surface area (Å²) in [7, 11) is 0. The van der Waals surface area contributed by atoms with E-state index in [0.29, 0.717) is 5.69 Å². The van der Waals surface area contributed by atoms with Crippen LogP contribution in [-0.2, 0) is 12.8 Å². The Hall–Kier alpha value is -2.19. The molecule has 0 fully saturated rings. The zero-order valence-electron chi connectivity index (χ0n) is 12.1. The molecule has 106 valence electrons. The highest BCUT2D eigenvalue weighted by Gasteiger charge is 2.17. The number of hydrogen-bond donors (Lipinski definition) is 0. The lowest BCUT2D eigenvalue weighted by molar-refractivity contribution is 0.843. The van der Waals surface area contributed by atoms with E-state index in [2.05, 4.69) is 42.1 Å². The number of benzene rings is 1. The molecule has 0 saturated carbocycles. The van der Waals surface area contributed by atoms with Crippen LogP contribution >= 0.6 is 11.3 Å². The predicted octanol–water partition coefficient (Wildman–Crippen LogP) is 3.84. The van der Waals surface area contributed by atoms with E-state index >= 15 is 0 Å². The molecule has 0 unspecified atom stereocenters. The van der Waals surface area contributed by atoms with Gasteiger partial charge < -0.3 is 0 Å². The molecule has 0 saturated heterocycles. The van der Waals surface area contributed by atoms with E-state index in [4.69, 9.17) is 0 Å². The van der Waals surface area contributed by atoms with E-state index in [0.717, 1.165) is 40.5 Å². The molecule has 0 amide bonds. The Morgan fingerprint density at radius 1 is 1.24 bits per heavy atom. The Morgan fingerprint density at radius 3 is 2.62 bits per heavy atom. The predicted molar refractivity (Wildman–Crippen MR) is 84.4 cm³/mol. The molecule has 0 atom stereocenters. The van der Waals surface area contributed by atoms with Gasteiger partial charge in [0.15, 0.2) is 5.69 Å². The maximum atomic E-state index is 9.46. The van der Waals surface area contributed by atoms with Gasteiger partial charge >= 0.3 is 0 Å². The SMILES string of the molecule is CCCc1nn2c(C#N)c(-c3ccc(CC)cc3)nc2s1. The van der Waals surface area contributed by atoms with Crippen molar-refractivity contribution in [1.82, 2.24) is 14.6 Å². The quantitative estimate of drug-likeness (QED) is 0.735. The standard InChI is InChI=1S/C16H16N4S/c1-3-5-14-19-20-13(10-17)15(18-16(20)21-14)12-8-6-11(4-2)7-9-12/h6-9H,3-5H2,1-2H3. The second-order valence-corrected chi connectivity index (χ2v) is 5.95. The molecule has 2 aromatic heterocycles. The van der Waals surface area contributed by atoms with Crippen molar-refractivity contribution in [2.24, 2.45) is 0 Å². The molecule has 5 heteroatoms. The van der Waals surface area contributed by atoms with E-state index in [1.807, 2.05) is 12.1 Å². The summed E-state index contributed by atoms with van der Waals surface area (Å²) in [4.78, 5) is 5.40. The van der Waals surface area contributed by atoms with Crippen LogP contribution in [0.15, 0.2) is 24.3 Å². The molecule has 0 aliphatic carbocycles. The minimum atomic E-state index is 0.521. The Kier molecular flexibility index (Phi) is 3.72. The number of aromatic nitrogens is 3. The molecule has 0 aliphatic rings. The number of rotatable bonds is 4. The van der Waals surface area contributed by atoms with E-state index in [9.17, 15) is 5.26 Å². The van der Waals surface area contributed by atoms with Crippen LogP contribution in [0.3, 0.4) is 0 Å². The first-order valence-electron chi connectivity index (χ1n) is 7.14. The van der Waals surface area contributed by atoms with Crippen molar-refractivity contribution < 1.29 is 0 Å². The van der Waals surface area contributed by atoms with Gasteiger partial charge in [0.25, 0.3) is 0 Å². The monoisotopic (exact) mass is 296 g/mol. The number of nitrogens with zero attached hydrogens (tertiary/aromatic N) is 4. The van der Waals surface area contributed by atoms with Gasteiger partial charge in [0.05, 0.1) is 0 Å². The molecule has 0 aliphatic heterocycles. The van der Waals surface area contributed by atoms with E-state index in [1.165, 1.54) is 5.56 Å². The van der Waals surface area contributed by atoms with Crippen LogP contribution in [0.5, 0.6) is 0 Å². The van der Waals surface area contributed by atoms with Crippen LogP contribution < -0.4 is 0 Å². The Labute approximate surface area is 127 Å². The molecule has 4 nitrogen and oxygen atoms in total. The van der Waals surface area contributed by atoms with Gasteiger partial charge in [-0.25, -0.2) is 4.98 Å². The molecular weight excluding hydrogens is 280 g/mol. The molecule has 1 aromatic carbocycles. The largest absolute Gasteiger partial charge is 0.216 e. The zero-order chi connectivity index (χ0) is 14.8. The van der Waals surface area contributed by atoms with E-state index in [-0.39, 0.29) is 0 Å². The molecule has 2 heterocycles. The van der Waals surface area contributed by atoms with Gasteiger partial charge in [-0.1, -0.05) is 49.4 Å². The van der Waals surface area contributed by atoms with Crippen LogP contribution in [0.4, 0.5) is 0 Å². The molecule has 0 spiro atoms. The lowest BCUT2D eigenvalue weighted by atomic mass is 10.1. The Morgan fingerprint density at radius 2 is 2.00 bits per heavy atom. The van der Waals surface area contributed by atoms with Crippen molar-refractivity contribution in [3.05, 3.63) is 40.5 Å². The minimum Gasteiger partial charge on any atom is -0.216 e. The Bertz CT molecular complexity index is 805. The van der Waals surface area contributed by atoms with Gasteiger partial charge in [-0.3, -0.25) is 0 Å². The fraction of sp³-hybridized carbons (Fsp3) is 0.312. The smallest absolute Gasteiger partial charge is 0.214 e. The highest BCUT2D eigenvalue weighted by atomic mass is 32.1. The first kappa shape index (κ1) is 13.8. The van der Waals surface area contributed by atoms with Crippen molar-refractivity contribution in [2.45, 2.75) is 33.1 Å². The van der Waals surface area contributed by atoms with Gasteiger partial charge in [-0.2, -0.15) is 14.9 Å². The van der Waals surface area contributed by atoms with Crippen LogP contribution in [0, 0.1) is 11.3 Å². The average Bonchev–Trinajstić information content (AvgIpc) is 3.04. The third-order valence-corrected chi connectivity index (χ3v) is 4.42. The average molecular weight is 296 g/mol. The summed E-state index contributed by atoms with van der Waals surface area (Å²) in [6, 6.07) is 10.5. The zero-order valence-corrected chi connectivity index (χ0v) is 12.9. The molecular formula is C16H16N4S. The van der Waals surface area contributed by atoms with Crippen molar-refractivity contribution in [1.29, 1.82) is 5.26 Å². The molecule has 0 bridgehead atoms. The van der Waals surface area contributed by atoms with Crippen LogP contribution in [0.2, 0.25) is 0 Å². The van der Waals surface area contributed by atoms with Crippen molar-refractivity contribution in [3.8, 4) is 17.3 Å². The van der Waals surface area contributed by atoms with Crippen molar-refractivity contribution >= 4 is 16.3 Å². The third kappa shape index (κ3) is 2.43. The number of imidazole rings is 1. The van der Waals surface area contributed by atoms with E-state index in [1.54, 1.807) is 15.9 Å². The highest BCUT2D eigenvalue weighted by molar-refractivity contribution is 7.16. The van der Waals surface area contributed by atoms with Crippen LogP contribution in [0.1, 0.15) is 36.5 Å². The fourth-order valence-corrected chi connectivity index (χ4v) is 3.30. The molecule has 3 aromatic rings. The van der Waals surface area contributed by atoms with Crippen LogP contribution in [-0.4, -0.2) is 14.6 Å². The summed E-state index contributed by atoms with van der Waals surface area (Å²) >= 11 is 1.56. The fourth-order valence-electron chi connectivity index (χ4n) is 2.30. The van der Waals surface area contributed by atoms with Gasteiger partial charge in [-0.15, -0.1) is 0 Å². The van der Waals surface area contributed by atoms with Gasteiger partial charge in [0.2, 0.25) is 4.96 Å². The van der Waals surface area contributed by atoms with Gasteiger partial charge in [0, 0.05) is 12.0 Å². The molecule has 21 heavy (non-hydrogen) atoms. The van der Waals surface area contributed by atoms with Crippen molar-refractivity contribution in [3.63, 3.8) is 0 Å². The normalized spacial score (nSPS) is 10.9. The lowest BCUT2D eigenvalue weighted by Crippen LogP contribution is -1.92. The number of aryl methyl sites for hydroxylation is 2. The number of fused-ring (bicyclic) bond motifs is 1. The minimum absolute atomic E-state index is 0.521.